The van der Waals surface area contributed by atoms with E-state index >= 15 is 0 Å². The van der Waals surface area contributed by atoms with E-state index in [0.717, 1.165) is 42.8 Å². The van der Waals surface area contributed by atoms with Gasteiger partial charge in [-0.3, -0.25) is 9.80 Å². The molecule has 1 fully saturated rings. The van der Waals surface area contributed by atoms with Gasteiger partial charge in [-0.1, -0.05) is 28.1 Å². The summed E-state index contributed by atoms with van der Waals surface area (Å²) in [5.74, 6) is 0. The van der Waals surface area contributed by atoms with Crippen LogP contribution >= 0.6 is 15.9 Å². The van der Waals surface area contributed by atoms with E-state index in [1.54, 1.807) is 0 Å². The Hall–Kier alpha value is -0.460. The lowest BCUT2D eigenvalue weighted by molar-refractivity contribution is 0.0526. The van der Waals surface area contributed by atoms with E-state index in [1.807, 2.05) is 31.2 Å². The molecular formula is C15H23BrN2O2. The highest BCUT2D eigenvalue weighted by atomic mass is 79.9. The van der Waals surface area contributed by atoms with Crippen molar-refractivity contribution < 1.29 is 10.2 Å². The third kappa shape index (κ3) is 4.82. The van der Waals surface area contributed by atoms with Gasteiger partial charge >= 0.3 is 0 Å². The first-order chi connectivity index (χ1) is 9.54. The zero-order valence-electron chi connectivity index (χ0n) is 11.9. The summed E-state index contributed by atoms with van der Waals surface area (Å²) in [4.78, 5) is 4.55. The first-order valence-corrected chi connectivity index (χ1v) is 7.90. The van der Waals surface area contributed by atoms with Gasteiger partial charge in [-0.25, -0.2) is 0 Å². The van der Waals surface area contributed by atoms with Gasteiger partial charge in [0.1, 0.15) is 0 Å². The monoisotopic (exact) mass is 342 g/mol. The molecule has 0 radical (unpaired) electrons. The summed E-state index contributed by atoms with van der Waals surface area (Å²) in [6.45, 7) is 7.02. The van der Waals surface area contributed by atoms with Crippen LogP contribution in [-0.4, -0.2) is 65.4 Å². The number of hydrogen-bond acceptors (Lipinski definition) is 4. The highest BCUT2D eigenvalue weighted by Gasteiger charge is 2.20. The van der Waals surface area contributed by atoms with Crippen molar-refractivity contribution in [2.24, 2.45) is 0 Å². The number of aliphatic hydroxyl groups is 2. The third-order valence-electron chi connectivity index (χ3n) is 3.65. The van der Waals surface area contributed by atoms with E-state index in [-0.39, 0.29) is 6.10 Å². The van der Waals surface area contributed by atoms with Crippen LogP contribution in [-0.2, 0) is 0 Å². The van der Waals surface area contributed by atoms with Crippen molar-refractivity contribution in [2.45, 2.75) is 19.1 Å². The van der Waals surface area contributed by atoms with Gasteiger partial charge in [-0.15, -0.1) is 0 Å². The van der Waals surface area contributed by atoms with E-state index in [1.165, 1.54) is 0 Å². The first-order valence-electron chi connectivity index (χ1n) is 7.11. The second-order valence-corrected chi connectivity index (χ2v) is 6.44. The van der Waals surface area contributed by atoms with Crippen LogP contribution in [0.5, 0.6) is 0 Å². The minimum absolute atomic E-state index is 0.270. The quantitative estimate of drug-likeness (QED) is 0.850. The summed E-state index contributed by atoms with van der Waals surface area (Å²) in [5.41, 5.74) is 0.950. The van der Waals surface area contributed by atoms with E-state index in [2.05, 4.69) is 25.7 Å². The molecule has 2 atom stereocenters. The molecule has 5 heteroatoms. The van der Waals surface area contributed by atoms with Gasteiger partial charge in [0.05, 0.1) is 12.2 Å². The van der Waals surface area contributed by atoms with Crippen molar-refractivity contribution >= 4 is 15.9 Å². The fourth-order valence-corrected chi connectivity index (χ4v) is 3.01. The highest BCUT2D eigenvalue weighted by molar-refractivity contribution is 9.10. The first kappa shape index (κ1) is 15.9. The molecule has 1 saturated heterocycles. The summed E-state index contributed by atoms with van der Waals surface area (Å²) in [6.07, 6.45) is -0.718. The third-order valence-corrected chi connectivity index (χ3v) is 4.15. The zero-order chi connectivity index (χ0) is 14.5. The van der Waals surface area contributed by atoms with Gasteiger partial charge in [0.15, 0.2) is 0 Å². The van der Waals surface area contributed by atoms with Gasteiger partial charge in [0.25, 0.3) is 0 Å². The van der Waals surface area contributed by atoms with Crippen molar-refractivity contribution in [3.63, 3.8) is 0 Å². The van der Waals surface area contributed by atoms with Gasteiger partial charge in [-0.05, 0) is 24.6 Å². The molecule has 2 rings (SSSR count). The van der Waals surface area contributed by atoms with E-state index in [4.69, 9.17) is 0 Å². The molecule has 20 heavy (non-hydrogen) atoms. The molecule has 1 aliphatic rings. The van der Waals surface area contributed by atoms with Crippen LogP contribution in [0, 0.1) is 0 Å². The average Bonchev–Trinajstić information content (AvgIpc) is 2.40. The van der Waals surface area contributed by atoms with Crippen LogP contribution in [0.1, 0.15) is 18.6 Å². The summed E-state index contributed by atoms with van der Waals surface area (Å²) < 4.78 is 0.996. The van der Waals surface area contributed by atoms with E-state index in [9.17, 15) is 10.2 Å². The topological polar surface area (TPSA) is 46.9 Å². The summed E-state index contributed by atoms with van der Waals surface area (Å²) in [6, 6.07) is 7.84. The normalized spacial score (nSPS) is 20.8. The molecule has 1 aliphatic heterocycles. The molecule has 4 nitrogen and oxygen atoms in total. The van der Waals surface area contributed by atoms with Crippen LogP contribution in [0.25, 0.3) is 0 Å². The van der Waals surface area contributed by atoms with Gasteiger partial charge in [0.2, 0.25) is 0 Å². The Morgan fingerprint density at radius 3 is 2.25 bits per heavy atom. The molecule has 1 aromatic carbocycles. The predicted octanol–water partition coefficient (Wildman–Crippen LogP) is 1.48. The molecule has 0 aliphatic carbocycles. The maximum absolute atomic E-state index is 10.3. The summed E-state index contributed by atoms with van der Waals surface area (Å²) >= 11 is 3.43. The van der Waals surface area contributed by atoms with Crippen molar-refractivity contribution in [2.75, 3.05) is 39.3 Å². The number of hydrogen-bond donors (Lipinski definition) is 2. The van der Waals surface area contributed by atoms with E-state index < -0.39 is 6.10 Å². The predicted molar refractivity (Wildman–Crippen MR) is 83.7 cm³/mol. The number of β-amino-alcohol motifs (C(OH)–C–C–N with tert-alkyl or cyclic N) is 2. The SMILES string of the molecule is C[C@@H](O)CN1CCN(C[C@H](O)c2cccc(Br)c2)CC1. The smallest absolute Gasteiger partial charge is 0.0917 e. The molecule has 0 aromatic heterocycles. The number of halogens is 1. The lowest BCUT2D eigenvalue weighted by Crippen LogP contribution is -2.49. The maximum atomic E-state index is 10.3. The molecule has 0 unspecified atom stereocenters. The Bertz CT molecular complexity index is 420. The van der Waals surface area contributed by atoms with Crippen LogP contribution < -0.4 is 0 Å². The molecule has 2 N–H and O–H groups in total. The average molecular weight is 343 g/mol. The number of rotatable bonds is 5. The lowest BCUT2D eigenvalue weighted by atomic mass is 10.1. The molecule has 0 saturated carbocycles. The minimum Gasteiger partial charge on any atom is -0.392 e. The van der Waals surface area contributed by atoms with Crippen LogP contribution in [0.15, 0.2) is 28.7 Å². The van der Waals surface area contributed by atoms with Crippen molar-refractivity contribution in [3.8, 4) is 0 Å². The van der Waals surface area contributed by atoms with Crippen molar-refractivity contribution in [1.82, 2.24) is 9.80 Å². The highest BCUT2D eigenvalue weighted by Crippen LogP contribution is 2.19. The lowest BCUT2D eigenvalue weighted by Gasteiger charge is -2.36. The Morgan fingerprint density at radius 1 is 1.10 bits per heavy atom. The number of benzene rings is 1. The molecular weight excluding hydrogens is 320 g/mol. The Labute approximate surface area is 129 Å². The van der Waals surface area contributed by atoms with Crippen LogP contribution in [0.3, 0.4) is 0 Å². The van der Waals surface area contributed by atoms with E-state index in [0.29, 0.717) is 6.54 Å². The number of piperazine rings is 1. The second-order valence-electron chi connectivity index (χ2n) is 5.52. The Balaban J connectivity index is 1.80. The zero-order valence-corrected chi connectivity index (χ0v) is 13.5. The maximum Gasteiger partial charge on any atom is 0.0917 e. The second kappa shape index (κ2) is 7.52. The minimum atomic E-state index is -0.448. The van der Waals surface area contributed by atoms with Crippen LogP contribution in [0.2, 0.25) is 0 Å². The fourth-order valence-electron chi connectivity index (χ4n) is 2.59. The van der Waals surface area contributed by atoms with Gasteiger partial charge < -0.3 is 10.2 Å². The van der Waals surface area contributed by atoms with Gasteiger partial charge in [0, 0.05) is 43.7 Å². The van der Waals surface area contributed by atoms with Crippen molar-refractivity contribution in [1.29, 1.82) is 0 Å². The Kier molecular flexibility index (Phi) is 5.99. The molecule has 1 heterocycles. The van der Waals surface area contributed by atoms with Crippen molar-refractivity contribution in [3.05, 3.63) is 34.3 Å². The number of aliphatic hydroxyl groups excluding tert-OH is 2. The van der Waals surface area contributed by atoms with Gasteiger partial charge in [-0.2, -0.15) is 0 Å². The summed E-state index contributed by atoms with van der Waals surface area (Å²) in [5, 5.41) is 19.7. The molecule has 0 spiro atoms. The molecule has 1 aromatic rings. The number of nitrogens with zero attached hydrogens (tertiary/aromatic N) is 2. The summed E-state index contributed by atoms with van der Waals surface area (Å²) in [7, 11) is 0. The largest absolute Gasteiger partial charge is 0.392 e. The molecule has 0 bridgehead atoms. The standard InChI is InChI=1S/C15H23BrN2O2/c1-12(19)10-17-5-7-18(8-6-17)11-15(20)13-3-2-4-14(16)9-13/h2-4,9,12,15,19-20H,5-8,10-11H2,1H3/t12-,15+/m1/s1. The fraction of sp³-hybridized carbons (Fsp3) is 0.600. The molecule has 0 amide bonds. The molecule has 112 valence electrons. The van der Waals surface area contributed by atoms with Crippen LogP contribution in [0.4, 0.5) is 0 Å². The Morgan fingerprint density at radius 2 is 1.70 bits per heavy atom.